The molecule has 46 heavy (non-hydrogen) atoms. The predicted octanol–water partition coefficient (Wildman–Crippen LogP) is 5.52. The predicted molar refractivity (Wildman–Crippen MR) is 178 cm³/mol. The molecule has 2 heterocycles. The first kappa shape index (κ1) is 28.4. The van der Waals surface area contributed by atoms with Gasteiger partial charge in [-0.05, 0) is 60.4 Å². The number of rotatable bonds is 4. The second-order valence-corrected chi connectivity index (χ2v) is 17.7. The zero-order valence-electron chi connectivity index (χ0n) is 25.7. The van der Waals surface area contributed by atoms with E-state index < -0.39 is 41.7 Å². The largest absolute Gasteiger partial charge is 0.243 e. The molecule has 232 valence electrons. The van der Waals surface area contributed by atoms with Gasteiger partial charge in [0.2, 0.25) is 20.0 Å². The van der Waals surface area contributed by atoms with Crippen LogP contribution in [0.1, 0.15) is 33.4 Å². The third-order valence-electron chi connectivity index (χ3n) is 11.7. The van der Waals surface area contributed by atoms with Gasteiger partial charge in [-0.1, -0.05) is 108 Å². The Morgan fingerprint density at radius 3 is 0.957 bits per heavy atom. The molecule has 0 amide bonds. The summed E-state index contributed by atoms with van der Waals surface area (Å²) in [6, 6.07) is 30.9. The van der Waals surface area contributed by atoms with E-state index in [-0.39, 0.29) is 26.2 Å². The van der Waals surface area contributed by atoms with Gasteiger partial charge in [0.15, 0.2) is 0 Å². The lowest BCUT2D eigenvalue weighted by atomic mass is 9.42. The van der Waals surface area contributed by atoms with Gasteiger partial charge in [-0.15, -0.1) is 0 Å². The van der Waals surface area contributed by atoms with Crippen molar-refractivity contribution < 1.29 is 16.8 Å². The number of nitrogens with zero attached hydrogens (tertiary/aromatic N) is 2. The molecule has 8 heteroatoms. The molecule has 2 aliphatic heterocycles. The van der Waals surface area contributed by atoms with Crippen molar-refractivity contribution in [2.24, 2.45) is 0 Å². The molecule has 0 N–H and O–H groups in total. The topological polar surface area (TPSA) is 74.8 Å². The molecule has 3 aliphatic carbocycles. The molecule has 2 fully saturated rings. The molecule has 9 rings (SSSR count). The van der Waals surface area contributed by atoms with Gasteiger partial charge in [-0.25, -0.2) is 16.8 Å². The standard InChI is InChI=1S/C38H34N2O4S2/c1-27-11-15-29(16-12-27)45(41,42)39-23-35-19-21-37(33-9-5-3-7-31(33)35)25-40(46(43,44)30-17-13-28(2)14-18-30)26-38(37)22-20-36(35,24-39)32-8-4-6-10-34(32)38/h3-22H,23-26H2,1-2H3/t35-,36+,37+,38-. The van der Waals surface area contributed by atoms with E-state index >= 15 is 0 Å². The highest BCUT2D eigenvalue weighted by atomic mass is 32.2. The molecule has 2 saturated heterocycles. The maximum atomic E-state index is 14.3. The highest BCUT2D eigenvalue weighted by molar-refractivity contribution is 7.89. The van der Waals surface area contributed by atoms with E-state index in [0.29, 0.717) is 9.79 Å². The zero-order valence-corrected chi connectivity index (χ0v) is 27.4. The van der Waals surface area contributed by atoms with Crippen LogP contribution in [-0.2, 0) is 41.7 Å². The van der Waals surface area contributed by atoms with Crippen LogP contribution < -0.4 is 0 Å². The minimum Gasteiger partial charge on any atom is -0.207 e. The van der Waals surface area contributed by atoms with E-state index in [2.05, 4.69) is 48.6 Å². The van der Waals surface area contributed by atoms with Crippen molar-refractivity contribution in [2.45, 2.75) is 45.3 Å². The minimum atomic E-state index is -3.81. The number of sulfonamides is 2. The van der Waals surface area contributed by atoms with Crippen molar-refractivity contribution in [3.63, 3.8) is 0 Å². The second-order valence-electron chi connectivity index (χ2n) is 13.8. The fourth-order valence-corrected chi connectivity index (χ4v) is 12.5. The fourth-order valence-electron chi connectivity index (χ4n) is 9.41. The number of hydrogen-bond acceptors (Lipinski definition) is 4. The van der Waals surface area contributed by atoms with E-state index in [1.165, 1.54) is 0 Å². The number of aryl methyl sites for hydroxylation is 2. The van der Waals surface area contributed by atoms with Gasteiger partial charge in [-0.3, -0.25) is 0 Å². The lowest BCUT2D eigenvalue weighted by molar-refractivity contribution is 0.304. The Morgan fingerprint density at radius 2 is 0.696 bits per heavy atom. The maximum Gasteiger partial charge on any atom is 0.243 e. The van der Waals surface area contributed by atoms with Crippen LogP contribution in [-0.4, -0.2) is 51.6 Å². The summed E-state index contributed by atoms with van der Waals surface area (Å²) in [6.45, 7) is 5.03. The summed E-state index contributed by atoms with van der Waals surface area (Å²) in [7, 11) is -7.62. The average Bonchev–Trinajstić information content (AvgIpc) is 3.55. The Labute approximate surface area is 270 Å². The van der Waals surface area contributed by atoms with Crippen LogP contribution in [0.15, 0.2) is 131 Å². The molecule has 4 atom stereocenters. The highest BCUT2D eigenvalue weighted by Gasteiger charge is 2.72. The number of hydrogen-bond donors (Lipinski definition) is 0. The first-order chi connectivity index (χ1) is 22.0. The molecule has 5 aliphatic rings. The van der Waals surface area contributed by atoms with Gasteiger partial charge in [0.1, 0.15) is 0 Å². The summed E-state index contributed by atoms with van der Waals surface area (Å²) in [5, 5.41) is 0. The lowest BCUT2D eigenvalue weighted by Gasteiger charge is -2.59. The molecular weight excluding hydrogens is 613 g/mol. The third kappa shape index (κ3) is 3.23. The first-order valence-electron chi connectivity index (χ1n) is 15.7. The summed E-state index contributed by atoms with van der Waals surface area (Å²) < 4.78 is 60.7. The summed E-state index contributed by atoms with van der Waals surface area (Å²) >= 11 is 0. The molecule has 4 aromatic carbocycles. The van der Waals surface area contributed by atoms with Gasteiger partial charge in [-0.2, -0.15) is 8.61 Å². The minimum absolute atomic E-state index is 0.282. The number of benzene rings is 4. The molecule has 0 saturated carbocycles. The summed E-state index contributed by atoms with van der Waals surface area (Å²) in [5.74, 6) is 0. The molecule has 0 aromatic heterocycles. The molecule has 6 nitrogen and oxygen atoms in total. The molecule has 4 spiro atoms. The van der Waals surface area contributed by atoms with Crippen LogP contribution in [0.4, 0.5) is 0 Å². The lowest BCUT2D eigenvalue weighted by Crippen LogP contribution is -2.60. The normalized spacial score (nSPS) is 30.8. The summed E-state index contributed by atoms with van der Waals surface area (Å²) in [5.41, 5.74) is 3.59. The Morgan fingerprint density at radius 1 is 0.435 bits per heavy atom. The van der Waals surface area contributed by atoms with Crippen molar-refractivity contribution in [3.8, 4) is 0 Å². The Hall–Kier alpha value is -3.82. The quantitative estimate of drug-likeness (QED) is 0.274. The van der Waals surface area contributed by atoms with Crippen molar-refractivity contribution >= 4 is 20.0 Å². The first-order valence-corrected chi connectivity index (χ1v) is 18.6. The Kier molecular flexibility index (Phi) is 5.53. The highest BCUT2D eigenvalue weighted by Crippen LogP contribution is 2.68. The molecular formula is C38H34N2O4S2. The van der Waals surface area contributed by atoms with Gasteiger partial charge in [0.25, 0.3) is 0 Å². The Bertz CT molecular complexity index is 2000. The molecule has 0 unspecified atom stereocenters. The monoisotopic (exact) mass is 646 g/mol. The molecule has 4 bridgehead atoms. The van der Waals surface area contributed by atoms with Crippen molar-refractivity contribution in [2.75, 3.05) is 26.2 Å². The molecule has 4 aromatic rings. The van der Waals surface area contributed by atoms with Gasteiger partial charge >= 0.3 is 0 Å². The maximum absolute atomic E-state index is 14.3. The van der Waals surface area contributed by atoms with E-state index in [4.69, 9.17) is 0 Å². The summed E-state index contributed by atoms with van der Waals surface area (Å²) in [6.07, 6.45) is 8.98. The van der Waals surface area contributed by atoms with Crippen LogP contribution in [0.2, 0.25) is 0 Å². The molecule has 0 radical (unpaired) electrons. The SMILES string of the molecule is Cc1ccc(S(=O)(=O)N2C[C@]34C=C[C@@]5(CN(S(=O)(=O)c6ccc(C)cc6)C[C@]56C=C[C@@]3(C2)c2ccccc26)c2ccccc24)cc1. The summed E-state index contributed by atoms with van der Waals surface area (Å²) in [4.78, 5) is 0.589. The van der Waals surface area contributed by atoms with E-state index in [9.17, 15) is 16.8 Å². The Balaban J connectivity index is 1.29. The fraction of sp³-hybridized carbons (Fsp3) is 0.263. The second kappa shape index (κ2) is 8.95. The van der Waals surface area contributed by atoms with Crippen LogP contribution in [0.5, 0.6) is 0 Å². The van der Waals surface area contributed by atoms with E-state index in [1.54, 1.807) is 32.9 Å². The van der Waals surface area contributed by atoms with Crippen LogP contribution >= 0.6 is 0 Å². The van der Waals surface area contributed by atoms with Gasteiger partial charge < -0.3 is 0 Å². The van der Waals surface area contributed by atoms with Crippen LogP contribution in [0.25, 0.3) is 0 Å². The van der Waals surface area contributed by atoms with Crippen molar-refractivity contribution in [1.82, 2.24) is 8.61 Å². The third-order valence-corrected chi connectivity index (χ3v) is 15.3. The van der Waals surface area contributed by atoms with Gasteiger partial charge in [0.05, 0.1) is 9.79 Å². The van der Waals surface area contributed by atoms with Gasteiger partial charge in [0, 0.05) is 47.8 Å². The average molecular weight is 647 g/mol. The van der Waals surface area contributed by atoms with Crippen molar-refractivity contribution in [1.29, 1.82) is 0 Å². The smallest absolute Gasteiger partial charge is 0.207 e. The van der Waals surface area contributed by atoms with Crippen molar-refractivity contribution in [3.05, 3.63) is 155 Å². The van der Waals surface area contributed by atoms with Crippen LogP contribution in [0, 0.1) is 13.8 Å². The van der Waals surface area contributed by atoms with Crippen LogP contribution in [0.3, 0.4) is 0 Å². The van der Waals surface area contributed by atoms with E-state index in [1.807, 2.05) is 62.4 Å². The van der Waals surface area contributed by atoms with E-state index in [0.717, 1.165) is 33.4 Å². The zero-order chi connectivity index (χ0) is 31.7.